The Morgan fingerprint density at radius 3 is 2.12 bits per heavy atom. The van der Waals surface area contributed by atoms with Crippen molar-refractivity contribution in [1.82, 2.24) is 5.32 Å². The Hall–Kier alpha value is -0.0800. The standard InChI is InChI=1S/C15H29NO/c17-15(10-6-7-11-15)13-16-12-14-8-4-2-1-3-5-9-14/h14,16-17H,1-13H2. The normalized spacial score (nSPS) is 26.6. The summed E-state index contributed by atoms with van der Waals surface area (Å²) in [4.78, 5) is 0. The molecular weight excluding hydrogens is 210 g/mol. The van der Waals surface area contributed by atoms with Crippen molar-refractivity contribution >= 4 is 0 Å². The van der Waals surface area contributed by atoms with Gasteiger partial charge in [-0.25, -0.2) is 0 Å². The van der Waals surface area contributed by atoms with Crippen molar-refractivity contribution < 1.29 is 5.11 Å². The maximum atomic E-state index is 10.3. The average Bonchev–Trinajstić information content (AvgIpc) is 2.68. The molecule has 0 aromatic rings. The summed E-state index contributed by atoms with van der Waals surface area (Å²) in [5.74, 6) is 0.861. The van der Waals surface area contributed by atoms with Gasteiger partial charge in [0.1, 0.15) is 0 Å². The van der Waals surface area contributed by atoms with E-state index in [4.69, 9.17) is 0 Å². The van der Waals surface area contributed by atoms with E-state index in [-0.39, 0.29) is 5.60 Å². The van der Waals surface area contributed by atoms with E-state index in [1.807, 2.05) is 0 Å². The van der Waals surface area contributed by atoms with E-state index >= 15 is 0 Å². The van der Waals surface area contributed by atoms with Gasteiger partial charge in [-0.15, -0.1) is 0 Å². The molecule has 0 aromatic carbocycles. The number of nitrogens with one attached hydrogen (secondary N) is 1. The molecule has 100 valence electrons. The van der Waals surface area contributed by atoms with E-state index in [0.29, 0.717) is 0 Å². The lowest BCUT2D eigenvalue weighted by Crippen LogP contribution is -2.39. The van der Waals surface area contributed by atoms with Crippen LogP contribution in [-0.4, -0.2) is 23.8 Å². The van der Waals surface area contributed by atoms with Crippen LogP contribution in [0.3, 0.4) is 0 Å². The molecule has 2 heteroatoms. The molecule has 2 fully saturated rings. The third-order valence-corrected chi connectivity index (χ3v) is 4.65. The third-order valence-electron chi connectivity index (χ3n) is 4.65. The van der Waals surface area contributed by atoms with Gasteiger partial charge < -0.3 is 10.4 Å². The minimum absolute atomic E-state index is 0.373. The molecule has 0 aliphatic heterocycles. The van der Waals surface area contributed by atoms with E-state index in [1.54, 1.807) is 0 Å². The molecule has 0 heterocycles. The Morgan fingerprint density at radius 2 is 1.47 bits per heavy atom. The van der Waals surface area contributed by atoms with Crippen LogP contribution in [0.5, 0.6) is 0 Å². The highest BCUT2D eigenvalue weighted by atomic mass is 16.3. The fraction of sp³-hybridized carbons (Fsp3) is 1.00. The second kappa shape index (κ2) is 6.75. The predicted octanol–water partition coefficient (Wildman–Crippen LogP) is 3.24. The Kier molecular flexibility index (Phi) is 5.30. The van der Waals surface area contributed by atoms with Crippen molar-refractivity contribution in [2.24, 2.45) is 5.92 Å². The summed E-state index contributed by atoms with van der Waals surface area (Å²) in [5.41, 5.74) is -0.373. The molecule has 0 radical (unpaired) electrons. The van der Waals surface area contributed by atoms with Crippen LogP contribution in [0, 0.1) is 5.92 Å². The van der Waals surface area contributed by atoms with Gasteiger partial charge >= 0.3 is 0 Å². The highest BCUT2D eigenvalue weighted by Crippen LogP contribution is 2.29. The van der Waals surface area contributed by atoms with E-state index in [9.17, 15) is 5.11 Å². The second-order valence-corrected chi connectivity index (χ2v) is 6.27. The maximum Gasteiger partial charge on any atom is 0.0771 e. The molecule has 0 unspecified atom stereocenters. The zero-order valence-corrected chi connectivity index (χ0v) is 11.2. The van der Waals surface area contributed by atoms with Crippen LogP contribution in [0.2, 0.25) is 0 Å². The summed E-state index contributed by atoms with van der Waals surface area (Å²) in [6.07, 6.45) is 14.4. The van der Waals surface area contributed by atoms with Crippen molar-refractivity contribution in [3.8, 4) is 0 Å². The van der Waals surface area contributed by atoms with Crippen LogP contribution in [0.1, 0.15) is 70.6 Å². The zero-order valence-electron chi connectivity index (χ0n) is 11.2. The molecule has 2 saturated carbocycles. The molecule has 2 rings (SSSR count). The molecule has 0 saturated heterocycles. The lowest BCUT2D eigenvalue weighted by atomic mass is 9.91. The molecular formula is C15H29NO. The maximum absolute atomic E-state index is 10.3. The van der Waals surface area contributed by atoms with Gasteiger partial charge in [-0.1, -0.05) is 44.9 Å². The molecule has 2 aliphatic rings. The minimum atomic E-state index is -0.373. The molecule has 0 bridgehead atoms. The van der Waals surface area contributed by atoms with Gasteiger partial charge in [-0.05, 0) is 38.1 Å². The Morgan fingerprint density at radius 1 is 0.882 bits per heavy atom. The van der Waals surface area contributed by atoms with Crippen LogP contribution < -0.4 is 5.32 Å². The first kappa shape index (κ1) is 13.4. The van der Waals surface area contributed by atoms with Crippen LogP contribution in [-0.2, 0) is 0 Å². The number of hydrogen-bond acceptors (Lipinski definition) is 2. The molecule has 2 N–H and O–H groups in total. The van der Waals surface area contributed by atoms with E-state index in [2.05, 4.69) is 5.32 Å². The first-order valence-electron chi connectivity index (χ1n) is 7.72. The smallest absolute Gasteiger partial charge is 0.0771 e. The van der Waals surface area contributed by atoms with Crippen LogP contribution in [0.25, 0.3) is 0 Å². The topological polar surface area (TPSA) is 32.3 Å². The van der Waals surface area contributed by atoms with Crippen molar-refractivity contribution in [2.45, 2.75) is 76.2 Å². The van der Waals surface area contributed by atoms with Gasteiger partial charge in [0, 0.05) is 6.54 Å². The SMILES string of the molecule is OC1(CNCC2CCCCCCC2)CCCC1. The van der Waals surface area contributed by atoms with Crippen molar-refractivity contribution in [2.75, 3.05) is 13.1 Å². The third kappa shape index (κ3) is 4.59. The van der Waals surface area contributed by atoms with E-state index < -0.39 is 0 Å². The van der Waals surface area contributed by atoms with E-state index in [0.717, 1.165) is 31.8 Å². The number of aliphatic hydroxyl groups is 1. The molecule has 17 heavy (non-hydrogen) atoms. The summed E-state index contributed by atoms with van der Waals surface area (Å²) in [6, 6.07) is 0. The predicted molar refractivity (Wildman–Crippen MR) is 72.1 cm³/mol. The quantitative estimate of drug-likeness (QED) is 0.789. The highest BCUT2D eigenvalue weighted by Gasteiger charge is 2.30. The summed E-state index contributed by atoms with van der Waals surface area (Å²) in [5, 5.41) is 13.8. The number of hydrogen-bond donors (Lipinski definition) is 2. The van der Waals surface area contributed by atoms with Gasteiger partial charge in [0.25, 0.3) is 0 Å². The minimum Gasteiger partial charge on any atom is -0.389 e. The fourth-order valence-corrected chi connectivity index (χ4v) is 3.46. The van der Waals surface area contributed by atoms with Crippen LogP contribution in [0.15, 0.2) is 0 Å². The van der Waals surface area contributed by atoms with Crippen molar-refractivity contribution in [3.05, 3.63) is 0 Å². The molecule has 0 spiro atoms. The molecule has 0 aromatic heterocycles. The Bertz CT molecular complexity index is 203. The molecule has 0 atom stereocenters. The lowest BCUT2D eigenvalue weighted by molar-refractivity contribution is 0.0466. The highest BCUT2D eigenvalue weighted by molar-refractivity contribution is 4.86. The van der Waals surface area contributed by atoms with E-state index in [1.165, 1.54) is 57.8 Å². The van der Waals surface area contributed by atoms with Crippen LogP contribution >= 0.6 is 0 Å². The monoisotopic (exact) mass is 239 g/mol. The number of rotatable bonds is 4. The molecule has 0 amide bonds. The van der Waals surface area contributed by atoms with Gasteiger partial charge in [-0.2, -0.15) is 0 Å². The Balaban J connectivity index is 1.62. The van der Waals surface area contributed by atoms with Gasteiger partial charge in [-0.3, -0.25) is 0 Å². The lowest BCUT2D eigenvalue weighted by Gasteiger charge is -2.25. The summed E-state index contributed by atoms with van der Waals surface area (Å²) < 4.78 is 0. The van der Waals surface area contributed by atoms with Gasteiger partial charge in [0.15, 0.2) is 0 Å². The van der Waals surface area contributed by atoms with Crippen molar-refractivity contribution in [3.63, 3.8) is 0 Å². The molecule has 2 aliphatic carbocycles. The fourth-order valence-electron chi connectivity index (χ4n) is 3.46. The first-order valence-corrected chi connectivity index (χ1v) is 7.72. The van der Waals surface area contributed by atoms with Gasteiger partial charge in [0.2, 0.25) is 0 Å². The van der Waals surface area contributed by atoms with Crippen LogP contribution in [0.4, 0.5) is 0 Å². The Labute approximate surface area is 106 Å². The zero-order chi connectivity index (χ0) is 12.0. The van der Waals surface area contributed by atoms with Crippen molar-refractivity contribution in [1.29, 1.82) is 0 Å². The largest absolute Gasteiger partial charge is 0.389 e. The van der Waals surface area contributed by atoms with Gasteiger partial charge in [0.05, 0.1) is 5.60 Å². The average molecular weight is 239 g/mol. The molecule has 2 nitrogen and oxygen atoms in total. The summed E-state index contributed by atoms with van der Waals surface area (Å²) >= 11 is 0. The summed E-state index contributed by atoms with van der Waals surface area (Å²) in [6.45, 7) is 1.95. The summed E-state index contributed by atoms with van der Waals surface area (Å²) in [7, 11) is 0. The second-order valence-electron chi connectivity index (χ2n) is 6.27. The first-order chi connectivity index (χ1) is 8.29.